The van der Waals surface area contributed by atoms with Gasteiger partial charge in [-0.05, 0) is 44.7 Å². The molecule has 0 aromatic rings. The van der Waals surface area contributed by atoms with Crippen LogP contribution >= 0.6 is 0 Å². The van der Waals surface area contributed by atoms with E-state index in [4.69, 9.17) is 10.5 Å². The quantitative estimate of drug-likeness (QED) is 0.776. The highest BCUT2D eigenvalue weighted by Crippen LogP contribution is 2.22. The van der Waals surface area contributed by atoms with Gasteiger partial charge >= 0.3 is 0 Å². The van der Waals surface area contributed by atoms with Gasteiger partial charge in [0.25, 0.3) is 0 Å². The molecule has 1 fully saturated rings. The summed E-state index contributed by atoms with van der Waals surface area (Å²) in [5.41, 5.74) is 6.06. The third-order valence-corrected chi connectivity index (χ3v) is 3.90. The molecule has 0 spiro atoms. The van der Waals surface area contributed by atoms with Gasteiger partial charge in [0.15, 0.2) is 0 Å². The first kappa shape index (κ1) is 14.9. The molecule has 0 aliphatic carbocycles. The average Bonchev–Trinajstić information content (AvgIpc) is 2.29. The lowest BCUT2D eigenvalue weighted by molar-refractivity contribution is -0.0566. The van der Waals surface area contributed by atoms with Crippen LogP contribution in [-0.4, -0.2) is 43.3 Å². The minimum atomic E-state index is 0.291. The van der Waals surface area contributed by atoms with Crippen LogP contribution in [0.4, 0.5) is 0 Å². The van der Waals surface area contributed by atoms with Crippen molar-refractivity contribution >= 4 is 0 Å². The molecule has 2 N–H and O–H groups in total. The summed E-state index contributed by atoms with van der Waals surface area (Å²) in [7, 11) is 0. The summed E-state index contributed by atoms with van der Waals surface area (Å²) in [6.45, 7) is 12.9. The Kier molecular flexibility index (Phi) is 5.90. The maximum absolute atomic E-state index is 5.77. The van der Waals surface area contributed by atoms with Crippen molar-refractivity contribution in [1.82, 2.24) is 4.90 Å². The van der Waals surface area contributed by atoms with E-state index in [9.17, 15) is 0 Å². The largest absolute Gasteiger partial charge is 0.376 e. The van der Waals surface area contributed by atoms with Gasteiger partial charge in [0, 0.05) is 12.6 Å². The van der Waals surface area contributed by atoms with Gasteiger partial charge in [0.2, 0.25) is 0 Å². The van der Waals surface area contributed by atoms with Crippen LogP contribution in [-0.2, 0) is 4.74 Å². The van der Waals surface area contributed by atoms with Crippen molar-refractivity contribution in [1.29, 1.82) is 0 Å². The predicted octanol–water partition coefficient (Wildman–Crippen LogP) is 2.25. The summed E-state index contributed by atoms with van der Waals surface area (Å²) in [5.74, 6) is 0. The first-order valence-corrected chi connectivity index (χ1v) is 7.04. The lowest BCUT2D eigenvalue weighted by Gasteiger charge is -2.38. The molecule has 1 saturated heterocycles. The van der Waals surface area contributed by atoms with Crippen molar-refractivity contribution in [2.75, 3.05) is 26.2 Å². The van der Waals surface area contributed by atoms with Crippen molar-refractivity contribution in [2.24, 2.45) is 11.1 Å². The molecule has 0 aromatic heterocycles. The molecular weight excluding hydrogens is 212 g/mol. The average molecular weight is 242 g/mol. The van der Waals surface area contributed by atoms with Crippen molar-refractivity contribution in [2.45, 2.75) is 59.1 Å². The zero-order chi connectivity index (χ0) is 12.9. The van der Waals surface area contributed by atoms with Gasteiger partial charge in [0.1, 0.15) is 0 Å². The number of rotatable bonds is 6. The van der Waals surface area contributed by atoms with Crippen molar-refractivity contribution in [3.63, 3.8) is 0 Å². The summed E-state index contributed by atoms with van der Waals surface area (Å²) >= 11 is 0. The van der Waals surface area contributed by atoms with Crippen molar-refractivity contribution in [3.05, 3.63) is 0 Å². The molecule has 0 amide bonds. The fourth-order valence-corrected chi connectivity index (χ4v) is 2.43. The summed E-state index contributed by atoms with van der Waals surface area (Å²) in [5, 5.41) is 0. The smallest absolute Gasteiger partial charge is 0.0674 e. The van der Waals surface area contributed by atoms with Gasteiger partial charge in [-0.15, -0.1) is 0 Å². The third kappa shape index (κ3) is 4.94. The zero-order valence-electron chi connectivity index (χ0n) is 12.0. The Balaban J connectivity index is 2.33. The summed E-state index contributed by atoms with van der Waals surface area (Å²) in [4.78, 5) is 2.60. The highest BCUT2D eigenvalue weighted by atomic mass is 16.5. The lowest BCUT2D eigenvalue weighted by Crippen LogP contribution is -2.48. The van der Waals surface area contributed by atoms with Crippen LogP contribution < -0.4 is 5.73 Å². The van der Waals surface area contributed by atoms with Gasteiger partial charge in [-0.3, -0.25) is 4.90 Å². The van der Waals surface area contributed by atoms with Crippen LogP contribution in [0.1, 0.15) is 47.0 Å². The highest BCUT2D eigenvalue weighted by Gasteiger charge is 2.25. The first-order valence-electron chi connectivity index (χ1n) is 7.04. The van der Waals surface area contributed by atoms with Crippen LogP contribution in [0, 0.1) is 5.41 Å². The van der Waals surface area contributed by atoms with E-state index in [0.29, 0.717) is 17.6 Å². The van der Waals surface area contributed by atoms with E-state index in [1.54, 1.807) is 0 Å². The molecule has 1 aliphatic heterocycles. The fraction of sp³-hybridized carbons (Fsp3) is 1.00. The Morgan fingerprint density at radius 2 is 2.12 bits per heavy atom. The van der Waals surface area contributed by atoms with Crippen LogP contribution in [0.25, 0.3) is 0 Å². The monoisotopic (exact) mass is 242 g/mol. The molecule has 0 bridgehead atoms. The molecule has 1 rings (SSSR count). The second-order valence-corrected chi connectivity index (χ2v) is 6.17. The molecule has 0 aromatic carbocycles. The van der Waals surface area contributed by atoms with E-state index in [1.807, 2.05) is 0 Å². The summed E-state index contributed by atoms with van der Waals surface area (Å²) in [6, 6.07) is 0.618. The van der Waals surface area contributed by atoms with Gasteiger partial charge in [-0.2, -0.15) is 0 Å². The number of hydrogen-bond acceptors (Lipinski definition) is 3. The molecule has 0 radical (unpaired) electrons. The standard InChI is InChI=1S/C14H30N2O/c1-5-13-10-17-12(2)9-16(13)8-6-7-14(3,4)11-15/h12-13H,5-11,15H2,1-4H3. The Hall–Kier alpha value is -0.120. The first-order chi connectivity index (χ1) is 7.98. The molecule has 102 valence electrons. The molecule has 0 saturated carbocycles. The second kappa shape index (κ2) is 6.72. The molecular formula is C14H30N2O. The Bertz CT molecular complexity index is 218. The summed E-state index contributed by atoms with van der Waals surface area (Å²) in [6.07, 6.45) is 4.03. The van der Waals surface area contributed by atoms with E-state index >= 15 is 0 Å². The van der Waals surface area contributed by atoms with E-state index in [0.717, 1.165) is 19.7 Å². The number of nitrogens with zero attached hydrogens (tertiary/aromatic N) is 1. The van der Waals surface area contributed by atoms with E-state index in [1.165, 1.54) is 25.8 Å². The topological polar surface area (TPSA) is 38.5 Å². The van der Waals surface area contributed by atoms with Crippen molar-refractivity contribution < 1.29 is 4.74 Å². The Labute approximate surface area is 107 Å². The SMILES string of the molecule is CCC1COC(C)CN1CCCC(C)(C)CN. The number of ether oxygens (including phenoxy) is 1. The van der Waals surface area contributed by atoms with E-state index in [-0.39, 0.29) is 0 Å². The van der Waals surface area contributed by atoms with Crippen LogP contribution in [0.2, 0.25) is 0 Å². The normalized spacial score (nSPS) is 27.4. The van der Waals surface area contributed by atoms with Gasteiger partial charge in [-0.25, -0.2) is 0 Å². The van der Waals surface area contributed by atoms with Gasteiger partial charge in [-0.1, -0.05) is 20.8 Å². The molecule has 1 heterocycles. The molecule has 1 aliphatic rings. The lowest BCUT2D eigenvalue weighted by atomic mass is 9.88. The highest BCUT2D eigenvalue weighted by molar-refractivity contribution is 4.78. The number of morpholine rings is 1. The predicted molar refractivity (Wildman–Crippen MR) is 73.1 cm³/mol. The molecule has 3 heteroatoms. The van der Waals surface area contributed by atoms with Crippen LogP contribution in [0.5, 0.6) is 0 Å². The molecule has 3 nitrogen and oxygen atoms in total. The molecule has 17 heavy (non-hydrogen) atoms. The van der Waals surface area contributed by atoms with E-state index < -0.39 is 0 Å². The van der Waals surface area contributed by atoms with Gasteiger partial charge in [0.05, 0.1) is 12.7 Å². The fourth-order valence-electron chi connectivity index (χ4n) is 2.43. The van der Waals surface area contributed by atoms with Gasteiger partial charge < -0.3 is 10.5 Å². The zero-order valence-corrected chi connectivity index (χ0v) is 12.0. The Morgan fingerprint density at radius 1 is 1.41 bits per heavy atom. The van der Waals surface area contributed by atoms with Crippen LogP contribution in [0.3, 0.4) is 0 Å². The van der Waals surface area contributed by atoms with E-state index in [2.05, 4.69) is 32.6 Å². The second-order valence-electron chi connectivity index (χ2n) is 6.17. The number of hydrogen-bond donors (Lipinski definition) is 1. The maximum Gasteiger partial charge on any atom is 0.0674 e. The number of nitrogens with two attached hydrogens (primary N) is 1. The van der Waals surface area contributed by atoms with Crippen LogP contribution in [0.15, 0.2) is 0 Å². The maximum atomic E-state index is 5.77. The molecule has 2 unspecified atom stereocenters. The summed E-state index contributed by atoms with van der Waals surface area (Å²) < 4.78 is 5.72. The minimum Gasteiger partial charge on any atom is -0.376 e. The molecule has 2 atom stereocenters. The minimum absolute atomic E-state index is 0.291. The Morgan fingerprint density at radius 3 is 2.71 bits per heavy atom. The third-order valence-electron chi connectivity index (χ3n) is 3.90. The van der Waals surface area contributed by atoms with Crippen molar-refractivity contribution in [3.8, 4) is 0 Å².